The molecule has 0 aromatic rings. The van der Waals surface area contributed by atoms with Gasteiger partial charge in [-0.1, -0.05) is 6.08 Å². The predicted octanol–water partition coefficient (Wildman–Crippen LogP) is 7.40. The Morgan fingerprint density at radius 2 is 0.788 bits per heavy atom. The van der Waals surface area contributed by atoms with E-state index in [4.69, 9.17) is 16.5 Å². The van der Waals surface area contributed by atoms with Gasteiger partial charge in [-0.3, -0.25) is 0 Å². The second kappa shape index (κ2) is 10.4. The van der Waals surface area contributed by atoms with Gasteiger partial charge in [-0.25, -0.2) is 0 Å². The fourth-order valence-corrected chi connectivity index (χ4v) is 26.3. The highest BCUT2D eigenvalue weighted by Gasteiger charge is 2.58. The van der Waals surface area contributed by atoms with Crippen molar-refractivity contribution in [2.45, 2.75) is 88.2 Å². The molecule has 2 atom stereocenters. The van der Waals surface area contributed by atoms with Gasteiger partial charge in [-0.05, 0) is 44.3 Å². The van der Waals surface area contributed by atoms with Crippen molar-refractivity contribution >= 4 is 34.2 Å². The van der Waals surface area contributed by atoms with Crippen LogP contribution in [0.3, 0.4) is 0 Å². The van der Waals surface area contributed by atoms with Crippen molar-refractivity contribution in [3.63, 3.8) is 0 Å². The number of rotatable bonds is 8. The van der Waals surface area contributed by atoms with Crippen molar-refractivity contribution in [2.24, 2.45) is 0 Å². The highest BCUT2D eigenvalue weighted by Crippen LogP contribution is 2.41. The Hall–Kier alpha value is -0.182. The first-order valence-electron chi connectivity index (χ1n) is 10.1. The molecule has 0 aromatic carbocycles. The minimum absolute atomic E-state index is 0.0315. The number of hydrogen-bond acceptors (Lipinski definition) is 4. The highest BCUT2D eigenvalue weighted by molar-refractivity contribution is 6.94. The molecular weight excluding hydrogens is 539 g/mol. The largest absolute Gasteiger partial charge is 0.416 e. The number of hydrogen-bond donors (Lipinski definition) is 0. The molecule has 0 bridgehead atoms. The lowest BCUT2D eigenvalue weighted by Gasteiger charge is -2.50. The van der Waals surface area contributed by atoms with Crippen LogP contribution >= 0.6 is 0 Å². The third kappa shape index (κ3) is 11.9. The van der Waals surface area contributed by atoms with Gasteiger partial charge in [0.05, 0.1) is 0 Å². The molecule has 0 aliphatic carbocycles. The van der Waals surface area contributed by atoms with Gasteiger partial charge in [0, 0.05) is 25.3 Å². The molecule has 33 heavy (non-hydrogen) atoms. The second-order valence-corrected chi connectivity index (χ2v) is 23.0. The van der Waals surface area contributed by atoms with Crippen LogP contribution in [0.15, 0.2) is 12.7 Å². The van der Waals surface area contributed by atoms with Gasteiger partial charge in [0.15, 0.2) is 0 Å². The average Bonchev–Trinajstić information content (AvgIpc) is 2.54. The Morgan fingerprint density at radius 3 is 1.00 bits per heavy atom. The Bertz CT molecular complexity index is 638. The first kappa shape index (κ1) is 30.8. The zero-order chi connectivity index (χ0) is 26.0. The van der Waals surface area contributed by atoms with Crippen LogP contribution in [-0.2, 0) is 16.5 Å². The summed E-state index contributed by atoms with van der Waals surface area (Å²) in [6, 6.07) is -1.90. The van der Waals surface area contributed by atoms with Crippen LogP contribution in [0.4, 0.5) is 39.5 Å². The molecule has 17 heteroatoms. The molecule has 0 N–H and O–H groups in total. The lowest BCUT2D eigenvalue weighted by Crippen LogP contribution is -2.67. The first-order valence-corrected chi connectivity index (χ1v) is 20.2. The standard InChI is InChI=1S/C16H29F9O4Si4/c1-6-10-30(2)26-31(3,11-7-14(17,18)19)28-33(5,13-9-16(23,24)25)29-32(4,27-30)12-8-15(20,21)22/h6H,1,7-13H2,2-5H3. The maximum absolute atomic E-state index is 12.9. The normalized spacial score (nSPS) is 34.6. The molecule has 196 valence electrons. The second-order valence-electron chi connectivity index (χ2n) is 8.78. The number of allylic oxidation sites excluding steroid dienone is 1. The quantitative estimate of drug-likeness (QED) is 0.174. The van der Waals surface area contributed by atoms with Gasteiger partial charge in [-0.2, -0.15) is 39.5 Å². The summed E-state index contributed by atoms with van der Waals surface area (Å²) in [7, 11) is -15.1. The van der Waals surface area contributed by atoms with Gasteiger partial charge in [0.25, 0.3) is 0 Å². The van der Waals surface area contributed by atoms with E-state index in [1.54, 1.807) is 0 Å². The number of alkyl halides is 9. The Kier molecular flexibility index (Phi) is 9.75. The Balaban J connectivity index is 3.41. The van der Waals surface area contributed by atoms with E-state index in [0.717, 1.165) is 0 Å². The van der Waals surface area contributed by atoms with E-state index in [9.17, 15) is 39.5 Å². The zero-order valence-electron chi connectivity index (χ0n) is 18.8. The monoisotopic (exact) mass is 568 g/mol. The summed E-state index contributed by atoms with van der Waals surface area (Å²) in [6.45, 7) is 8.86. The third-order valence-corrected chi connectivity index (χ3v) is 23.2. The minimum Gasteiger partial charge on any atom is -0.416 e. The minimum atomic E-state index is -4.62. The molecule has 0 amide bonds. The molecule has 1 heterocycles. The van der Waals surface area contributed by atoms with Crippen LogP contribution in [0, 0.1) is 0 Å². The molecule has 1 saturated heterocycles. The van der Waals surface area contributed by atoms with E-state index in [1.165, 1.54) is 32.3 Å². The van der Waals surface area contributed by atoms with Crippen LogP contribution < -0.4 is 0 Å². The van der Waals surface area contributed by atoms with E-state index in [-0.39, 0.29) is 6.04 Å². The molecule has 0 saturated carbocycles. The molecule has 1 aliphatic heterocycles. The highest BCUT2D eigenvalue weighted by atomic mass is 28.5. The lowest BCUT2D eigenvalue weighted by atomic mass is 10.5. The zero-order valence-corrected chi connectivity index (χ0v) is 22.8. The van der Waals surface area contributed by atoms with E-state index < -0.39 is 90.2 Å². The molecule has 1 fully saturated rings. The van der Waals surface area contributed by atoms with Crippen molar-refractivity contribution in [1.82, 2.24) is 0 Å². The van der Waals surface area contributed by atoms with Gasteiger partial charge in [0.1, 0.15) is 0 Å². The Morgan fingerprint density at radius 1 is 0.545 bits per heavy atom. The molecule has 0 radical (unpaired) electrons. The average molecular weight is 569 g/mol. The summed E-state index contributed by atoms with van der Waals surface area (Å²) in [4.78, 5) is 0. The van der Waals surface area contributed by atoms with Gasteiger partial charge in [0.2, 0.25) is 0 Å². The molecule has 4 nitrogen and oxygen atoms in total. The van der Waals surface area contributed by atoms with Crippen LogP contribution in [0.25, 0.3) is 0 Å². The summed E-state index contributed by atoms with van der Waals surface area (Å²) in [5.41, 5.74) is 0. The Labute approximate surface area is 191 Å². The topological polar surface area (TPSA) is 36.9 Å². The van der Waals surface area contributed by atoms with Crippen LogP contribution in [0.5, 0.6) is 0 Å². The molecule has 0 aromatic heterocycles. The lowest BCUT2D eigenvalue weighted by molar-refractivity contribution is -0.132. The fourth-order valence-electron chi connectivity index (χ4n) is 3.67. The fraction of sp³-hybridized carbons (Fsp3) is 0.875. The van der Waals surface area contributed by atoms with Crippen LogP contribution in [-0.4, -0.2) is 52.8 Å². The van der Waals surface area contributed by atoms with Gasteiger partial charge < -0.3 is 16.5 Å². The predicted molar refractivity (Wildman–Crippen MR) is 112 cm³/mol. The van der Waals surface area contributed by atoms with E-state index >= 15 is 0 Å². The van der Waals surface area contributed by atoms with E-state index in [1.807, 2.05) is 0 Å². The molecular formula is C16H29F9O4Si4. The van der Waals surface area contributed by atoms with Crippen molar-refractivity contribution in [1.29, 1.82) is 0 Å². The van der Waals surface area contributed by atoms with Crippen molar-refractivity contribution in [3.8, 4) is 0 Å². The van der Waals surface area contributed by atoms with Crippen molar-refractivity contribution in [3.05, 3.63) is 12.7 Å². The van der Waals surface area contributed by atoms with E-state index in [2.05, 4.69) is 6.58 Å². The van der Waals surface area contributed by atoms with Gasteiger partial charge in [-0.15, -0.1) is 6.58 Å². The summed E-state index contributed by atoms with van der Waals surface area (Å²) in [5, 5.41) is 0. The molecule has 2 unspecified atom stereocenters. The van der Waals surface area contributed by atoms with Crippen LogP contribution in [0.1, 0.15) is 19.3 Å². The smallest absolute Gasteiger partial charge is 0.389 e. The van der Waals surface area contributed by atoms with E-state index in [0.29, 0.717) is 0 Å². The number of halogens is 9. The summed E-state index contributed by atoms with van der Waals surface area (Å²) in [6.07, 6.45) is -16.3. The molecule has 1 rings (SSSR count). The van der Waals surface area contributed by atoms with Gasteiger partial charge >= 0.3 is 52.8 Å². The third-order valence-electron chi connectivity index (χ3n) is 4.83. The maximum atomic E-state index is 12.9. The first-order chi connectivity index (χ1) is 14.5. The van der Waals surface area contributed by atoms with Crippen molar-refractivity contribution < 1.29 is 56.0 Å². The van der Waals surface area contributed by atoms with Crippen LogP contribution in [0.2, 0.25) is 50.4 Å². The molecule has 1 aliphatic rings. The summed E-state index contributed by atoms with van der Waals surface area (Å²) in [5.74, 6) is 0. The molecule has 0 spiro atoms. The summed E-state index contributed by atoms with van der Waals surface area (Å²) >= 11 is 0. The summed E-state index contributed by atoms with van der Waals surface area (Å²) < 4.78 is 140. The van der Waals surface area contributed by atoms with Crippen molar-refractivity contribution in [2.75, 3.05) is 0 Å². The maximum Gasteiger partial charge on any atom is 0.389 e. The SMILES string of the molecule is C=CC[Si]1(C)O[Si](C)(CCC(F)(F)F)O[Si](C)(CCC(F)(F)F)O[Si](C)(CCC(F)(F)F)O1.